The summed E-state index contributed by atoms with van der Waals surface area (Å²) in [5, 5.41) is 11.0. The Morgan fingerprint density at radius 3 is 2.84 bits per heavy atom. The van der Waals surface area contributed by atoms with Gasteiger partial charge in [0.2, 0.25) is 6.79 Å². The number of hydrogen-bond donors (Lipinski definition) is 1. The summed E-state index contributed by atoms with van der Waals surface area (Å²) in [6.45, 7) is 0.143. The van der Waals surface area contributed by atoms with Crippen molar-refractivity contribution in [2.24, 2.45) is 0 Å². The molecular formula is C19H14O6. The Kier molecular flexibility index (Phi) is 3.57. The number of rotatable bonds is 4. The van der Waals surface area contributed by atoms with Gasteiger partial charge in [0.1, 0.15) is 17.1 Å². The van der Waals surface area contributed by atoms with E-state index in [4.69, 9.17) is 18.6 Å². The molecule has 0 atom stereocenters. The quantitative estimate of drug-likeness (QED) is 0.441. The van der Waals surface area contributed by atoms with E-state index < -0.39 is 0 Å². The first kappa shape index (κ1) is 15.1. The molecule has 0 amide bonds. The molecule has 126 valence electrons. The van der Waals surface area contributed by atoms with Crippen LogP contribution in [0.15, 0.2) is 53.2 Å². The molecule has 0 fully saturated rings. The van der Waals surface area contributed by atoms with Crippen molar-refractivity contribution >= 4 is 22.5 Å². The third-order valence-electron chi connectivity index (χ3n) is 3.99. The summed E-state index contributed by atoms with van der Waals surface area (Å²) in [6, 6.07) is 9.99. The zero-order valence-electron chi connectivity index (χ0n) is 13.3. The maximum Gasteiger partial charge on any atom is 0.231 e. The lowest BCUT2D eigenvalue weighted by atomic mass is 10.0. The summed E-state index contributed by atoms with van der Waals surface area (Å²) in [5.74, 6) is 0.996. The summed E-state index contributed by atoms with van der Waals surface area (Å²) in [4.78, 5) is 12.6. The number of furan rings is 1. The van der Waals surface area contributed by atoms with Crippen LogP contribution in [0, 0.1) is 0 Å². The van der Waals surface area contributed by atoms with E-state index in [0.717, 1.165) is 6.08 Å². The second-order valence-corrected chi connectivity index (χ2v) is 5.44. The number of ketones is 1. The molecule has 2 aromatic carbocycles. The first-order valence-corrected chi connectivity index (χ1v) is 7.56. The molecular weight excluding hydrogens is 324 g/mol. The van der Waals surface area contributed by atoms with E-state index in [1.807, 2.05) is 0 Å². The number of methoxy groups -OCH3 is 1. The van der Waals surface area contributed by atoms with Crippen LogP contribution in [0.1, 0.15) is 15.9 Å². The van der Waals surface area contributed by atoms with Crippen LogP contribution < -0.4 is 14.2 Å². The summed E-state index contributed by atoms with van der Waals surface area (Å²) in [6.07, 6.45) is 2.68. The third kappa shape index (κ3) is 2.57. The molecule has 1 N–H and O–H groups in total. The van der Waals surface area contributed by atoms with Gasteiger partial charge in [-0.2, -0.15) is 0 Å². The Hall–Kier alpha value is -3.41. The lowest BCUT2D eigenvalue weighted by Gasteiger charge is -2.07. The number of fused-ring (bicyclic) bond motifs is 2. The molecule has 0 saturated carbocycles. The SMILES string of the molecule is COc1c(C(=O)C=C(O)c2ccc3c(c2)OCO3)ccc2occc12. The van der Waals surface area contributed by atoms with Crippen LogP contribution in [0.3, 0.4) is 0 Å². The maximum absolute atomic E-state index is 12.6. The van der Waals surface area contributed by atoms with Crippen LogP contribution in [0.4, 0.5) is 0 Å². The molecule has 1 aliphatic rings. The summed E-state index contributed by atoms with van der Waals surface area (Å²) >= 11 is 0. The Labute approximate surface area is 142 Å². The van der Waals surface area contributed by atoms with Crippen LogP contribution in [-0.4, -0.2) is 24.8 Å². The van der Waals surface area contributed by atoms with Gasteiger partial charge >= 0.3 is 0 Å². The Bertz CT molecular complexity index is 998. The van der Waals surface area contributed by atoms with Crippen LogP contribution in [-0.2, 0) is 0 Å². The van der Waals surface area contributed by atoms with Gasteiger partial charge in [0.15, 0.2) is 17.3 Å². The normalized spacial score (nSPS) is 13.2. The highest BCUT2D eigenvalue weighted by Gasteiger charge is 2.18. The highest BCUT2D eigenvalue weighted by molar-refractivity contribution is 6.12. The minimum Gasteiger partial charge on any atom is -0.507 e. The maximum atomic E-state index is 12.6. The van der Waals surface area contributed by atoms with Gasteiger partial charge in [0.05, 0.1) is 24.3 Å². The number of ether oxygens (including phenoxy) is 3. The molecule has 6 heteroatoms. The number of carbonyl (C=O) groups excluding carboxylic acids is 1. The van der Waals surface area contributed by atoms with Gasteiger partial charge in [0.25, 0.3) is 0 Å². The lowest BCUT2D eigenvalue weighted by Crippen LogP contribution is -2.00. The fraction of sp³-hybridized carbons (Fsp3) is 0.105. The first-order chi connectivity index (χ1) is 12.2. The van der Waals surface area contributed by atoms with E-state index >= 15 is 0 Å². The van der Waals surface area contributed by atoms with Crippen LogP contribution in [0.5, 0.6) is 17.2 Å². The van der Waals surface area contributed by atoms with Gasteiger partial charge in [-0.3, -0.25) is 4.79 Å². The molecule has 0 saturated heterocycles. The van der Waals surface area contributed by atoms with E-state index in [1.165, 1.54) is 13.4 Å². The molecule has 0 bridgehead atoms. The number of carbonyl (C=O) groups is 1. The third-order valence-corrected chi connectivity index (χ3v) is 3.99. The number of aliphatic hydroxyl groups excluding tert-OH is 1. The van der Waals surface area contributed by atoms with Crippen molar-refractivity contribution in [1.29, 1.82) is 0 Å². The van der Waals surface area contributed by atoms with Crippen LogP contribution in [0.2, 0.25) is 0 Å². The van der Waals surface area contributed by atoms with Gasteiger partial charge in [-0.05, 0) is 36.4 Å². The highest BCUT2D eigenvalue weighted by Crippen LogP contribution is 2.35. The number of hydrogen-bond acceptors (Lipinski definition) is 6. The average Bonchev–Trinajstić information content (AvgIpc) is 3.28. The number of benzene rings is 2. The monoisotopic (exact) mass is 338 g/mol. The fourth-order valence-electron chi connectivity index (χ4n) is 2.77. The van der Waals surface area contributed by atoms with E-state index in [1.54, 1.807) is 36.4 Å². The van der Waals surface area contributed by atoms with Gasteiger partial charge < -0.3 is 23.7 Å². The Morgan fingerprint density at radius 1 is 1.16 bits per heavy atom. The van der Waals surface area contributed by atoms with Crippen molar-refractivity contribution in [2.75, 3.05) is 13.9 Å². The number of aliphatic hydroxyl groups is 1. The highest BCUT2D eigenvalue weighted by atomic mass is 16.7. The van der Waals surface area contributed by atoms with Crippen LogP contribution >= 0.6 is 0 Å². The fourth-order valence-corrected chi connectivity index (χ4v) is 2.77. The van der Waals surface area contributed by atoms with Crippen molar-refractivity contribution in [1.82, 2.24) is 0 Å². The Balaban J connectivity index is 1.70. The molecule has 0 aliphatic carbocycles. The second-order valence-electron chi connectivity index (χ2n) is 5.44. The van der Waals surface area contributed by atoms with Crippen molar-refractivity contribution in [3.8, 4) is 17.2 Å². The molecule has 3 aromatic rings. The minimum atomic E-state index is -0.380. The van der Waals surface area contributed by atoms with Crippen molar-refractivity contribution in [2.45, 2.75) is 0 Å². The molecule has 0 radical (unpaired) electrons. The molecule has 6 nitrogen and oxygen atoms in total. The molecule has 0 unspecified atom stereocenters. The predicted octanol–water partition coefficient (Wildman–Crippen LogP) is 3.95. The zero-order chi connectivity index (χ0) is 17.4. The first-order valence-electron chi connectivity index (χ1n) is 7.56. The molecule has 4 rings (SSSR count). The molecule has 2 heterocycles. The van der Waals surface area contributed by atoms with Gasteiger partial charge in [-0.15, -0.1) is 0 Å². The summed E-state index contributed by atoms with van der Waals surface area (Å²) in [5.41, 5.74) is 1.42. The van der Waals surface area contributed by atoms with Gasteiger partial charge in [-0.25, -0.2) is 0 Å². The van der Waals surface area contributed by atoms with E-state index in [-0.39, 0.29) is 18.3 Å². The summed E-state index contributed by atoms with van der Waals surface area (Å²) in [7, 11) is 1.49. The van der Waals surface area contributed by atoms with E-state index in [2.05, 4.69) is 0 Å². The van der Waals surface area contributed by atoms with Gasteiger partial charge in [0, 0.05) is 11.6 Å². The number of allylic oxidation sites excluding steroid dienone is 1. The molecule has 1 aliphatic heterocycles. The molecule has 1 aromatic heterocycles. The second kappa shape index (κ2) is 5.90. The Morgan fingerprint density at radius 2 is 2.00 bits per heavy atom. The zero-order valence-corrected chi connectivity index (χ0v) is 13.3. The smallest absolute Gasteiger partial charge is 0.231 e. The van der Waals surface area contributed by atoms with Crippen molar-refractivity contribution in [3.63, 3.8) is 0 Å². The summed E-state index contributed by atoms with van der Waals surface area (Å²) < 4.78 is 21.2. The minimum absolute atomic E-state index is 0.143. The van der Waals surface area contributed by atoms with Crippen molar-refractivity contribution < 1.29 is 28.5 Å². The predicted molar refractivity (Wildman–Crippen MR) is 90.3 cm³/mol. The van der Waals surface area contributed by atoms with E-state index in [9.17, 15) is 9.90 Å². The standard InChI is InChI=1S/C19H14O6/c1-22-19-12(3-5-16-13(19)6-7-23-16)15(21)9-14(20)11-2-4-17-18(8-11)25-10-24-17/h2-9,20H,10H2,1H3. The average molecular weight is 338 g/mol. The molecule has 25 heavy (non-hydrogen) atoms. The van der Waals surface area contributed by atoms with E-state index in [0.29, 0.717) is 39.3 Å². The largest absolute Gasteiger partial charge is 0.507 e. The van der Waals surface area contributed by atoms with Crippen LogP contribution in [0.25, 0.3) is 16.7 Å². The molecule has 0 spiro atoms. The lowest BCUT2D eigenvalue weighted by molar-refractivity contribution is 0.104. The van der Waals surface area contributed by atoms with Crippen molar-refractivity contribution in [3.05, 3.63) is 59.9 Å². The van der Waals surface area contributed by atoms with Gasteiger partial charge in [-0.1, -0.05) is 0 Å². The topological polar surface area (TPSA) is 78.1 Å².